The number of aldehydes is 1. The van der Waals surface area contributed by atoms with E-state index in [1.165, 1.54) is 31.9 Å². The van der Waals surface area contributed by atoms with E-state index in [1.54, 1.807) is 0 Å². The van der Waals surface area contributed by atoms with Gasteiger partial charge in [0, 0.05) is 6.04 Å². The molecule has 1 aliphatic rings. The fourth-order valence-corrected chi connectivity index (χ4v) is 2.34. The van der Waals surface area contributed by atoms with Crippen LogP contribution in [-0.4, -0.2) is 28.4 Å². The van der Waals surface area contributed by atoms with Crippen LogP contribution in [0.1, 0.15) is 46.5 Å². The molecule has 1 aliphatic carbocycles. The second-order valence-electron chi connectivity index (χ2n) is 5.41. The molecule has 0 atom stereocenters. The molecule has 0 radical (unpaired) electrons. The molecule has 0 bridgehead atoms. The maximum atomic E-state index is 13.3. The molecular formula is C16H18F2N4O2. The van der Waals surface area contributed by atoms with Crippen molar-refractivity contribution >= 4 is 17.9 Å². The summed E-state index contributed by atoms with van der Waals surface area (Å²) in [5.74, 6) is -2.96. The van der Waals surface area contributed by atoms with Gasteiger partial charge >= 0.3 is 0 Å². The van der Waals surface area contributed by atoms with Gasteiger partial charge < -0.3 is 11.1 Å². The molecule has 1 amide bonds. The highest BCUT2D eigenvalue weighted by Gasteiger charge is 2.18. The van der Waals surface area contributed by atoms with Crippen molar-refractivity contribution < 1.29 is 18.4 Å². The Morgan fingerprint density at radius 1 is 1.29 bits per heavy atom. The molecule has 1 aromatic heterocycles. The highest BCUT2D eigenvalue weighted by Crippen LogP contribution is 2.16. The molecule has 1 aromatic carbocycles. The van der Waals surface area contributed by atoms with Gasteiger partial charge in [-0.1, -0.05) is 18.9 Å². The first kappa shape index (κ1) is 17.7. The number of nitrogens with zero attached hydrogens (tertiary/aromatic N) is 1. The van der Waals surface area contributed by atoms with Crippen LogP contribution in [0.15, 0.2) is 24.4 Å². The molecule has 2 aromatic rings. The van der Waals surface area contributed by atoms with Crippen LogP contribution in [0.2, 0.25) is 0 Å². The molecule has 24 heavy (non-hydrogen) atoms. The number of aromatic nitrogens is 2. The number of carbonyl (C=O) groups is 2. The summed E-state index contributed by atoms with van der Waals surface area (Å²) in [6.07, 6.45) is 6.85. The summed E-state index contributed by atoms with van der Waals surface area (Å²) in [6.45, 7) is 0. The smallest absolute Gasteiger partial charge is 0.261 e. The number of amides is 1. The minimum Gasteiger partial charge on any atom is -0.328 e. The maximum absolute atomic E-state index is 13.3. The van der Waals surface area contributed by atoms with E-state index in [0.29, 0.717) is 12.3 Å². The molecule has 0 saturated heterocycles. The third-order valence-electron chi connectivity index (χ3n) is 3.62. The SMILES string of the molecule is NC1CCCC1.O=Cc1[nH]ncc1NC(=O)c1c(F)cccc1F. The van der Waals surface area contributed by atoms with Crippen LogP contribution < -0.4 is 11.1 Å². The number of H-pyrrole nitrogens is 1. The highest BCUT2D eigenvalue weighted by atomic mass is 19.1. The minimum atomic E-state index is -0.991. The van der Waals surface area contributed by atoms with Gasteiger partial charge in [0.05, 0.1) is 11.9 Å². The molecule has 0 unspecified atom stereocenters. The van der Waals surface area contributed by atoms with Crippen molar-refractivity contribution in [1.29, 1.82) is 0 Å². The van der Waals surface area contributed by atoms with Crippen molar-refractivity contribution in [2.45, 2.75) is 31.7 Å². The van der Waals surface area contributed by atoms with Crippen molar-refractivity contribution in [3.63, 3.8) is 0 Å². The quantitative estimate of drug-likeness (QED) is 0.750. The Bertz CT molecular complexity index is 692. The number of halogens is 2. The van der Waals surface area contributed by atoms with E-state index < -0.39 is 23.1 Å². The molecule has 128 valence electrons. The lowest BCUT2D eigenvalue weighted by Gasteiger charge is -2.05. The van der Waals surface area contributed by atoms with Gasteiger partial charge in [-0.05, 0) is 25.0 Å². The average Bonchev–Trinajstić information content (AvgIpc) is 3.19. The number of carbonyl (C=O) groups excluding carboxylic acids is 2. The fraction of sp³-hybridized carbons (Fsp3) is 0.312. The molecule has 1 fully saturated rings. The summed E-state index contributed by atoms with van der Waals surface area (Å²) in [4.78, 5) is 22.2. The van der Waals surface area contributed by atoms with Crippen LogP contribution in [0.3, 0.4) is 0 Å². The van der Waals surface area contributed by atoms with Gasteiger partial charge in [0.15, 0.2) is 6.29 Å². The zero-order valence-electron chi connectivity index (χ0n) is 12.9. The van der Waals surface area contributed by atoms with Crippen LogP contribution >= 0.6 is 0 Å². The van der Waals surface area contributed by atoms with Gasteiger partial charge in [-0.2, -0.15) is 5.10 Å². The summed E-state index contributed by atoms with van der Waals surface area (Å²) >= 11 is 0. The van der Waals surface area contributed by atoms with Gasteiger partial charge in [0.25, 0.3) is 5.91 Å². The first-order chi connectivity index (χ1) is 11.5. The lowest BCUT2D eigenvalue weighted by molar-refractivity contribution is 0.101. The van der Waals surface area contributed by atoms with Gasteiger partial charge in [-0.15, -0.1) is 0 Å². The van der Waals surface area contributed by atoms with E-state index in [0.717, 1.165) is 18.2 Å². The summed E-state index contributed by atoms with van der Waals surface area (Å²) < 4.78 is 26.6. The van der Waals surface area contributed by atoms with Crippen LogP contribution in [-0.2, 0) is 0 Å². The number of hydrogen-bond donors (Lipinski definition) is 3. The van der Waals surface area contributed by atoms with Crippen LogP contribution in [0.25, 0.3) is 0 Å². The number of benzene rings is 1. The molecule has 1 heterocycles. The normalized spacial score (nSPS) is 14.0. The lowest BCUT2D eigenvalue weighted by atomic mass is 10.2. The van der Waals surface area contributed by atoms with Gasteiger partial charge in [-0.3, -0.25) is 14.7 Å². The zero-order chi connectivity index (χ0) is 17.5. The fourth-order valence-electron chi connectivity index (χ4n) is 2.34. The number of aromatic amines is 1. The van der Waals surface area contributed by atoms with Crippen LogP contribution in [0.4, 0.5) is 14.5 Å². The Labute approximate surface area is 137 Å². The van der Waals surface area contributed by atoms with Crippen LogP contribution in [0.5, 0.6) is 0 Å². The molecule has 3 rings (SSSR count). The molecule has 0 aliphatic heterocycles. The second-order valence-corrected chi connectivity index (χ2v) is 5.41. The predicted molar refractivity (Wildman–Crippen MR) is 84.7 cm³/mol. The Hall–Kier alpha value is -2.61. The number of nitrogens with two attached hydrogens (primary N) is 1. The number of anilines is 1. The standard InChI is InChI=1S/C11H7F2N3O2.C5H11N/c12-6-2-1-3-7(13)10(6)11(18)15-8-4-14-16-9(8)5-17;6-5-3-1-2-4-5/h1-5H,(H,14,16)(H,15,18);5H,1-4,6H2. The third-order valence-corrected chi connectivity index (χ3v) is 3.62. The molecule has 8 heteroatoms. The van der Waals surface area contributed by atoms with E-state index in [2.05, 4.69) is 15.5 Å². The van der Waals surface area contributed by atoms with E-state index >= 15 is 0 Å². The molecular weight excluding hydrogens is 318 g/mol. The maximum Gasteiger partial charge on any atom is 0.261 e. The number of hydrogen-bond acceptors (Lipinski definition) is 4. The van der Waals surface area contributed by atoms with E-state index in [1.807, 2.05) is 0 Å². The minimum absolute atomic E-state index is 0.0140. The topological polar surface area (TPSA) is 101 Å². The Morgan fingerprint density at radius 2 is 1.92 bits per heavy atom. The predicted octanol–water partition coefficient (Wildman–Crippen LogP) is 2.64. The Morgan fingerprint density at radius 3 is 2.42 bits per heavy atom. The summed E-state index contributed by atoms with van der Waals surface area (Å²) in [6, 6.07) is 3.63. The van der Waals surface area contributed by atoms with E-state index in [-0.39, 0.29) is 11.4 Å². The average molecular weight is 336 g/mol. The molecule has 1 saturated carbocycles. The van der Waals surface area contributed by atoms with Crippen molar-refractivity contribution in [3.8, 4) is 0 Å². The molecule has 4 N–H and O–H groups in total. The number of rotatable bonds is 3. The summed E-state index contributed by atoms with van der Waals surface area (Å²) in [5, 5.41) is 8.04. The monoisotopic (exact) mass is 336 g/mol. The largest absolute Gasteiger partial charge is 0.328 e. The van der Waals surface area contributed by atoms with Gasteiger partial charge in [-0.25, -0.2) is 8.78 Å². The highest BCUT2D eigenvalue weighted by molar-refractivity contribution is 6.06. The Kier molecular flexibility index (Phi) is 6.14. The van der Waals surface area contributed by atoms with Crippen molar-refractivity contribution in [2.24, 2.45) is 5.73 Å². The molecule has 6 nitrogen and oxygen atoms in total. The summed E-state index contributed by atoms with van der Waals surface area (Å²) in [7, 11) is 0. The summed E-state index contributed by atoms with van der Waals surface area (Å²) in [5.41, 5.74) is 4.89. The second kappa shape index (κ2) is 8.30. The van der Waals surface area contributed by atoms with Crippen LogP contribution in [0, 0.1) is 11.6 Å². The van der Waals surface area contributed by atoms with Crippen molar-refractivity contribution in [3.05, 3.63) is 47.3 Å². The van der Waals surface area contributed by atoms with E-state index in [4.69, 9.17) is 5.73 Å². The zero-order valence-corrected chi connectivity index (χ0v) is 12.9. The number of nitrogens with one attached hydrogen (secondary N) is 2. The van der Waals surface area contributed by atoms with Crippen molar-refractivity contribution in [1.82, 2.24) is 10.2 Å². The van der Waals surface area contributed by atoms with Gasteiger partial charge in [0.1, 0.15) is 22.9 Å². The first-order valence-electron chi connectivity index (χ1n) is 7.52. The van der Waals surface area contributed by atoms with E-state index in [9.17, 15) is 18.4 Å². The lowest BCUT2D eigenvalue weighted by Crippen LogP contribution is -2.16. The van der Waals surface area contributed by atoms with Crippen molar-refractivity contribution in [2.75, 3.05) is 5.32 Å². The molecule has 0 spiro atoms. The first-order valence-corrected chi connectivity index (χ1v) is 7.52. The third kappa shape index (κ3) is 4.45. The van der Waals surface area contributed by atoms with Gasteiger partial charge in [0.2, 0.25) is 0 Å². The Balaban J connectivity index is 0.000000292.